The zero-order valence-electron chi connectivity index (χ0n) is 16.8. The van der Waals surface area contributed by atoms with Gasteiger partial charge in [-0.3, -0.25) is 9.36 Å². The lowest BCUT2D eigenvalue weighted by Gasteiger charge is -2.22. The fourth-order valence-corrected chi connectivity index (χ4v) is 4.66. The number of nitrogens with zero attached hydrogens (tertiary/aromatic N) is 2. The predicted octanol–water partition coefficient (Wildman–Crippen LogP) is 2.23. The minimum absolute atomic E-state index is 0.149. The summed E-state index contributed by atoms with van der Waals surface area (Å²) in [4.78, 5) is 31.2. The lowest BCUT2D eigenvalue weighted by atomic mass is 9.96. The van der Waals surface area contributed by atoms with Crippen molar-refractivity contribution in [1.82, 2.24) is 4.57 Å². The SMILES string of the molecule is CCOC(=O)C1=C(C)n2c(s/c(=C/c3ccco3)c2=O)=N[C@H]1c1ccc2c(c1)OCO2. The molecule has 0 radical (unpaired) electrons. The molecule has 0 saturated carbocycles. The van der Waals surface area contributed by atoms with Crippen LogP contribution < -0.4 is 24.4 Å². The highest BCUT2D eigenvalue weighted by Crippen LogP contribution is 2.38. The van der Waals surface area contributed by atoms with Gasteiger partial charge in [0.1, 0.15) is 16.3 Å². The Morgan fingerprint density at radius 2 is 2.16 bits per heavy atom. The molecule has 3 aromatic rings. The Kier molecular flexibility index (Phi) is 4.74. The molecular weight excluding hydrogens is 420 g/mol. The normalized spacial score (nSPS) is 17.5. The first-order valence-electron chi connectivity index (χ1n) is 9.69. The van der Waals surface area contributed by atoms with Crippen LogP contribution in [0.5, 0.6) is 11.5 Å². The maximum Gasteiger partial charge on any atom is 0.338 e. The van der Waals surface area contributed by atoms with Crippen LogP contribution in [0.3, 0.4) is 0 Å². The summed E-state index contributed by atoms with van der Waals surface area (Å²) in [6.07, 6.45) is 3.21. The minimum atomic E-state index is -0.636. The van der Waals surface area contributed by atoms with Gasteiger partial charge in [0.15, 0.2) is 16.3 Å². The van der Waals surface area contributed by atoms with Gasteiger partial charge in [-0.05, 0) is 43.7 Å². The molecule has 2 aliphatic rings. The first kappa shape index (κ1) is 19.4. The summed E-state index contributed by atoms with van der Waals surface area (Å²) in [6, 6.07) is 8.31. The molecule has 0 aliphatic carbocycles. The smallest absolute Gasteiger partial charge is 0.338 e. The maximum atomic E-state index is 13.1. The number of thiazole rings is 1. The molecule has 8 nitrogen and oxygen atoms in total. The Balaban J connectivity index is 1.72. The van der Waals surface area contributed by atoms with Gasteiger partial charge in [-0.15, -0.1) is 0 Å². The van der Waals surface area contributed by atoms with Gasteiger partial charge in [0.2, 0.25) is 6.79 Å². The number of hydrogen-bond acceptors (Lipinski definition) is 8. The summed E-state index contributed by atoms with van der Waals surface area (Å²) in [5.74, 6) is 1.29. The molecular formula is C22H18N2O6S. The zero-order chi connectivity index (χ0) is 21.5. The van der Waals surface area contributed by atoms with E-state index in [1.54, 1.807) is 50.5 Å². The highest BCUT2D eigenvalue weighted by molar-refractivity contribution is 7.07. The first-order chi connectivity index (χ1) is 15.1. The molecule has 0 N–H and O–H groups in total. The predicted molar refractivity (Wildman–Crippen MR) is 112 cm³/mol. The number of furan rings is 1. The average molecular weight is 438 g/mol. The average Bonchev–Trinajstić information content (AvgIpc) is 3.49. The molecule has 1 atom stereocenters. The quantitative estimate of drug-likeness (QED) is 0.580. The third kappa shape index (κ3) is 3.27. The highest BCUT2D eigenvalue weighted by Gasteiger charge is 2.32. The van der Waals surface area contributed by atoms with Crippen LogP contribution in [0.1, 0.15) is 31.2 Å². The fourth-order valence-electron chi connectivity index (χ4n) is 3.64. The van der Waals surface area contributed by atoms with Crippen LogP contribution in [0.25, 0.3) is 11.8 Å². The number of allylic oxidation sites excluding steroid dienone is 1. The van der Waals surface area contributed by atoms with Crippen LogP contribution in [0.4, 0.5) is 0 Å². The third-order valence-electron chi connectivity index (χ3n) is 5.07. The van der Waals surface area contributed by atoms with Crippen LogP contribution in [0, 0.1) is 0 Å². The summed E-state index contributed by atoms with van der Waals surface area (Å²) >= 11 is 1.24. The van der Waals surface area contributed by atoms with Crippen LogP contribution in [0.15, 0.2) is 56.4 Å². The monoisotopic (exact) mass is 438 g/mol. The van der Waals surface area contributed by atoms with Gasteiger partial charge in [-0.2, -0.15) is 0 Å². The van der Waals surface area contributed by atoms with Crippen molar-refractivity contribution in [3.8, 4) is 11.5 Å². The molecule has 2 aromatic heterocycles. The van der Waals surface area contributed by atoms with Crippen molar-refractivity contribution < 1.29 is 23.4 Å². The van der Waals surface area contributed by atoms with E-state index in [-0.39, 0.29) is 19.0 Å². The Morgan fingerprint density at radius 1 is 1.32 bits per heavy atom. The largest absolute Gasteiger partial charge is 0.465 e. The standard InChI is InChI=1S/C22H18N2O6S/c1-3-27-21(26)18-12(2)24-20(25)17(10-14-5-4-8-28-14)31-22(24)23-19(18)13-6-7-15-16(9-13)30-11-29-15/h4-10,19H,3,11H2,1-2H3/b17-10+/t19-/m0/s1. The van der Waals surface area contributed by atoms with Crippen LogP contribution in [0.2, 0.25) is 0 Å². The number of ether oxygens (including phenoxy) is 3. The van der Waals surface area contributed by atoms with Crippen molar-refractivity contribution in [3.05, 3.63) is 73.2 Å². The molecule has 0 saturated heterocycles. The second-order valence-electron chi connectivity index (χ2n) is 6.91. The van der Waals surface area contributed by atoms with E-state index < -0.39 is 12.0 Å². The van der Waals surface area contributed by atoms with E-state index in [0.29, 0.717) is 37.9 Å². The van der Waals surface area contributed by atoms with Gasteiger partial charge in [0.25, 0.3) is 5.56 Å². The van der Waals surface area contributed by atoms with Crippen molar-refractivity contribution in [2.45, 2.75) is 19.9 Å². The molecule has 158 valence electrons. The first-order valence-corrected chi connectivity index (χ1v) is 10.5. The van der Waals surface area contributed by atoms with Gasteiger partial charge in [0.05, 0.1) is 18.4 Å². The minimum Gasteiger partial charge on any atom is -0.465 e. The molecule has 0 bridgehead atoms. The summed E-state index contributed by atoms with van der Waals surface area (Å²) < 4.78 is 23.4. The van der Waals surface area contributed by atoms with Crippen molar-refractivity contribution in [2.24, 2.45) is 4.99 Å². The van der Waals surface area contributed by atoms with Crippen molar-refractivity contribution in [1.29, 1.82) is 0 Å². The Morgan fingerprint density at radius 3 is 2.94 bits per heavy atom. The van der Waals surface area contributed by atoms with Crippen LogP contribution in [-0.2, 0) is 9.53 Å². The molecule has 0 unspecified atom stereocenters. The van der Waals surface area contributed by atoms with Crippen LogP contribution >= 0.6 is 11.3 Å². The number of benzene rings is 1. The molecule has 4 heterocycles. The highest BCUT2D eigenvalue weighted by atomic mass is 32.1. The third-order valence-corrected chi connectivity index (χ3v) is 6.05. The van der Waals surface area contributed by atoms with E-state index in [1.165, 1.54) is 15.9 Å². The lowest BCUT2D eigenvalue weighted by molar-refractivity contribution is -0.138. The van der Waals surface area contributed by atoms with Gasteiger partial charge < -0.3 is 18.6 Å². The fraction of sp³-hybridized carbons (Fsp3) is 0.227. The van der Waals surface area contributed by atoms with Crippen molar-refractivity contribution in [2.75, 3.05) is 13.4 Å². The molecule has 9 heteroatoms. The Labute approximate surface area is 180 Å². The molecule has 0 spiro atoms. The number of esters is 1. The number of hydrogen-bond donors (Lipinski definition) is 0. The van der Waals surface area contributed by atoms with Gasteiger partial charge in [0, 0.05) is 11.8 Å². The van der Waals surface area contributed by atoms with Gasteiger partial charge >= 0.3 is 5.97 Å². The van der Waals surface area contributed by atoms with E-state index in [9.17, 15) is 9.59 Å². The molecule has 1 aromatic carbocycles. The summed E-state index contributed by atoms with van der Waals surface area (Å²) in [5.41, 5.74) is 1.29. The second kappa shape index (κ2) is 7.59. The number of aromatic nitrogens is 1. The second-order valence-corrected chi connectivity index (χ2v) is 7.92. The van der Waals surface area contributed by atoms with E-state index in [0.717, 1.165) is 5.56 Å². The summed E-state index contributed by atoms with van der Waals surface area (Å²) in [6.45, 7) is 3.83. The summed E-state index contributed by atoms with van der Waals surface area (Å²) in [7, 11) is 0. The Hall–Kier alpha value is -3.59. The molecule has 0 fully saturated rings. The number of carbonyl (C=O) groups excluding carboxylic acids is 1. The van der Waals surface area contributed by atoms with E-state index in [4.69, 9.17) is 23.6 Å². The number of rotatable bonds is 4. The van der Waals surface area contributed by atoms with Crippen molar-refractivity contribution in [3.63, 3.8) is 0 Å². The molecule has 31 heavy (non-hydrogen) atoms. The van der Waals surface area contributed by atoms with Crippen molar-refractivity contribution >= 4 is 29.1 Å². The topological polar surface area (TPSA) is 92.3 Å². The molecule has 5 rings (SSSR count). The van der Waals surface area contributed by atoms with E-state index in [1.807, 2.05) is 6.07 Å². The van der Waals surface area contributed by atoms with Crippen LogP contribution in [-0.4, -0.2) is 23.9 Å². The maximum absolute atomic E-state index is 13.1. The lowest BCUT2D eigenvalue weighted by Crippen LogP contribution is -2.35. The van der Waals surface area contributed by atoms with Gasteiger partial charge in [-0.25, -0.2) is 9.79 Å². The number of carbonyl (C=O) groups is 1. The summed E-state index contributed by atoms with van der Waals surface area (Å²) in [5, 5.41) is 0. The van der Waals surface area contributed by atoms with E-state index >= 15 is 0 Å². The molecule has 2 aliphatic heterocycles. The van der Waals surface area contributed by atoms with Gasteiger partial charge in [-0.1, -0.05) is 17.4 Å². The zero-order valence-corrected chi connectivity index (χ0v) is 17.6. The Bertz CT molecular complexity index is 1380. The molecule has 0 amide bonds. The van der Waals surface area contributed by atoms with E-state index in [2.05, 4.69) is 0 Å². The number of fused-ring (bicyclic) bond motifs is 2.